The summed E-state index contributed by atoms with van der Waals surface area (Å²) in [6.45, 7) is 3.42. The maximum atomic E-state index is 12.4. The summed E-state index contributed by atoms with van der Waals surface area (Å²) in [7, 11) is 3.97. The van der Waals surface area contributed by atoms with Crippen molar-refractivity contribution in [3.63, 3.8) is 0 Å². The van der Waals surface area contributed by atoms with Gasteiger partial charge in [-0.05, 0) is 19.1 Å². The Labute approximate surface area is 134 Å². The molecule has 122 valence electrons. The third kappa shape index (κ3) is 3.34. The number of carbonyl (C=O) groups is 1. The standard InChI is InChI=1S/C16H20N4O3/c1-11-8-12(19(2)3)9-14(17-11)15-10-20(5-7-22-15)16(21)13-4-6-23-18-13/h4,6,8-9,15H,5,7,10H2,1-3H3. The van der Waals surface area contributed by atoms with Crippen LogP contribution in [0, 0.1) is 6.92 Å². The van der Waals surface area contributed by atoms with Gasteiger partial charge in [-0.1, -0.05) is 5.16 Å². The van der Waals surface area contributed by atoms with Crippen LogP contribution in [0.25, 0.3) is 0 Å². The van der Waals surface area contributed by atoms with Crippen molar-refractivity contribution in [1.82, 2.24) is 15.0 Å². The van der Waals surface area contributed by atoms with Crippen molar-refractivity contribution in [3.05, 3.63) is 41.5 Å². The largest absolute Gasteiger partial charge is 0.378 e. The molecule has 0 N–H and O–H groups in total. The van der Waals surface area contributed by atoms with Gasteiger partial charge in [0, 0.05) is 38.1 Å². The summed E-state index contributed by atoms with van der Waals surface area (Å²) in [4.78, 5) is 20.7. The zero-order valence-corrected chi connectivity index (χ0v) is 13.5. The molecule has 0 bridgehead atoms. The van der Waals surface area contributed by atoms with E-state index in [1.807, 2.05) is 38.1 Å². The number of ether oxygens (including phenoxy) is 1. The zero-order chi connectivity index (χ0) is 16.4. The predicted octanol–water partition coefficient (Wildman–Crippen LogP) is 1.66. The molecule has 1 fully saturated rings. The fourth-order valence-electron chi connectivity index (χ4n) is 2.60. The Morgan fingerprint density at radius 1 is 1.39 bits per heavy atom. The Morgan fingerprint density at radius 2 is 2.22 bits per heavy atom. The molecule has 1 unspecified atom stereocenters. The monoisotopic (exact) mass is 316 g/mol. The lowest BCUT2D eigenvalue weighted by Crippen LogP contribution is -2.42. The SMILES string of the molecule is Cc1cc(N(C)C)cc(C2CN(C(=O)c3ccon3)CCO2)n1. The highest BCUT2D eigenvalue weighted by Crippen LogP contribution is 2.25. The number of aromatic nitrogens is 2. The van der Waals surface area contributed by atoms with Gasteiger partial charge in [0.2, 0.25) is 0 Å². The molecule has 0 aromatic carbocycles. The molecule has 3 heterocycles. The zero-order valence-electron chi connectivity index (χ0n) is 13.5. The maximum absolute atomic E-state index is 12.4. The quantitative estimate of drug-likeness (QED) is 0.857. The number of aryl methyl sites for hydroxylation is 1. The first kappa shape index (κ1) is 15.5. The van der Waals surface area contributed by atoms with Crippen LogP contribution in [0.5, 0.6) is 0 Å². The van der Waals surface area contributed by atoms with Crippen LogP contribution in [0.15, 0.2) is 29.0 Å². The first-order chi connectivity index (χ1) is 11.0. The highest BCUT2D eigenvalue weighted by atomic mass is 16.5. The molecule has 2 aromatic heterocycles. The number of pyridine rings is 1. The van der Waals surface area contributed by atoms with Crippen LogP contribution in [-0.2, 0) is 4.74 Å². The summed E-state index contributed by atoms with van der Waals surface area (Å²) in [6.07, 6.45) is 1.16. The Morgan fingerprint density at radius 3 is 2.91 bits per heavy atom. The van der Waals surface area contributed by atoms with E-state index in [2.05, 4.69) is 10.1 Å². The lowest BCUT2D eigenvalue weighted by Gasteiger charge is -2.32. The van der Waals surface area contributed by atoms with Crippen molar-refractivity contribution in [2.45, 2.75) is 13.0 Å². The van der Waals surface area contributed by atoms with Crippen molar-refractivity contribution in [2.75, 3.05) is 38.7 Å². The van der Waals surface area contributed by atoms with Crippen molar-refractivity contribution in [3.8, 4) is 0 Å². The van der Waals surface area contributed by atoms with E-state index in [4.69, 9.17) is 9.26 Å². The first-order valence-electron chi connectivity index (χ1n) is 7.52. The molecule has 0 radical (unpaired) electrons. The van der Waals surface area contributed by atoms with Gasteiger partial charge < -0.3 is 19.1 Å². The molecule has 0 aliphatic carbocycles. The van der Waals surface area contributed by atoms with E-state index >= 15 is 0 Å². The fourth-order valence-corrected chi connectivity index (χ4v) is 2.60. The minimum Gasteiger partial charge on any atom is -0.378 e. The van der Waals surface area contributed by atoms with Gasteiger partial charge >= 0.3 is 0 Å². The molecular weight excluding hydrogens is 296 g/mol. The molecule has 2 aromatic rings. The van der Waals surface area contributed by atoms with Crippen LogP contribution in [0.4, 0.5) is 5.69 Å². The van der Waals surface area contributed by atoms with Crippen molar-refractivity contribution >= 4 is 11.6 Å². The topological polar surface area (TPSA) is 71.7 Å². The number of hydrogen-bond donors (Lipinski definition) is 0. The van der Waals surface area contributed by atoms with E-state index in [1.54, 1.807) is 11.0 Å². The number of nitrogens with zero attached hydrogens (tertiary/aromatic N) is 4. The number of anilines is 1. The smallest absolute Gasteiger partial charge is 0.276 e. The predicted molar refractivity (Wildman–Crippen MR) is 84.4 cm³/mol. The number of morpholine rings is 1. The molecule has 7 nitrogen and oxygen atoms in total. The number of hydrogen-bond acceptors (Lipinski definition) is 6. The van der Waals surface area contributed by atoms with Gasteiger partial charge in [-0.15, -0.1) is 0 Å². The second kappa shape index (κ2) is 6.37. The number of carbonyl (C=O) groups excluding carboxylic acids is 1. The van der Waals surface area contributed by atoms with Crippen LogP contribution in [0.1, 0.15) is 28.0 Å². The van der Waals surface area contributed by atoms with E-state index in [0.717, 1.165) is 17.1 Å². The lowest BCUT2D eigenvalue weighted by molar-refractivity contribution is -0.0250. The van der Waals surface area contributed by atoms with Crippen LogP contribution in [0.2, 0.25) is 0 Å². The molecule has 1 saturated heterocycles. The third-order valence-electron chi connectivity index (χ3n) is 3.81. The Kier molecular flexibility index (Phi) is 4.29. The second-order valence-corrected chi connectivity index (χ2v) is 5.78. The van der Waals surface area contributed by atoms with Gasteiger partial charge in [0.1, 0.15) is 12.4 Å². The molecule has 1 aliphatic heterocycles. The molecule has 7 heteroatoms. The van der Waals surface area contributed by atoms with E-state index in [9.17, 15) is 4.79 Å². The molecule has 1 amide bonds. The molecule has 23 heavy (non-hydrogen) atoms. The molecule has 0 saturated carbocycles. The Hall–Kier alpha value is -2.41. The summed E-state index contributed by atoms with van der Waals surface area (Å²) < 4.78 is 10.6. The van der Waals surface area contributed by atoms with E-state index in [0.29, 0.717) is 25.4 Å². The number of rotatable bonds is 3. The van der Waals surface area contributed by atoms with Gasteiger partial charge in [0.15, 0.2) is 5.69 Å². The van der Waals surface area contributed by atoms with E-state index < -0.39 is 0 Å². The molecule has 3 rings (SSSR count). The molecular formula is C16H20N4O3. The van der Waals surface area contributed by atoms with Gasteiger partial charge in [0.25, 0.3) is 5.91 Å². The minimum atomic E-state index is -0.238. The minimum absolute atomic E-state index is 0.146. The fraction of sp³-hybridized carbons (Fsp3) is 0.438. The highest BCUT2D eigenvalue weighted by molar-refractivity contribution is 5.92. The average Bonchev–Trinajstić information content (AvgIpc) is 3.08. The average molecular weight is 316 g/mol. The van der Waals surface area contributed by atoms with E-state index in [1.165, 1.54) is 6.26 Å². The number of amides is 1. The second-order valence-electron chi connectivity index (χ2n) is 5.78. The van der Waals surface area contributed by atoms with E-state index in [-0.39, 0.29) is 12.0 Å². The lowest BCUT2D eigenvalue weighted by atomic mass is 10.1. The van der Waals surface area contributed by atoms with Crippen molar-refractivity contribution in [1.29, 1.82) is 0 Å². The van der Waals surface area contributed by atoms with Crippen LogP contribution in [0.3, 0.4) is 0 Å². The van der Waals surface area contributed by atoms with Gasteiger partial charge in [0.05, 0.1) is 18.8 Å². The van der Waals surface area contributed by atoms with Crippen LogP contribution < -0.4 is 4.90 Å². The summed E-state index contributed by atoms with van der Waals surface area (Å²) in [6, 6.07) is 5.59. The first-order valence-corrected chi connectivity index (χ1v) is 7.52. The van der Waals surface area contributed by atoms with Crippen molar-refractivity contribution in [2.24, 2.45) is 0 Å². The summed E-state index contributed by atoms with van der Waals surface area (Å²) in [5.41, 5.74) is 3.15. The summed E-state index contributed by atoms with van der Waals surface area (Å²) >= 11 is 0. The Bertz CT molecular complexity index is 685. The summed E-state index contributed by atoms with van der Waals surface area (Å²) in [5.74, 6) is -0.146. The van der Waals surface area contributed by atoms with Crippen LogP contribution >= 0.6 is 0 Å². The van der Waals surface area contributed by atoms with Gasteiger partial charge in [-0.3, -0.25) is 9.78 Å². The van der Waals surface area contributed by atoms with Gasteiger partial charge in [-0.25, -0.2) is 0 Å². The van der Waals surface area contributed by atoms with Crippen LogP contribution in [-0.4, -0.2) is 54.7 Å². The third-order valence-corrected chi connectivity index (χ3v) is 3.81. The summed E-state index contributed by atoms with van der Waals surface area (Å²) in [5, 5.41) is 3.71. The Balaban J connectivity index is 1.80. The molecule has 1 atom stereocenters. The molecule has 0 spiro atoms. The van der Waals surface area contributed by atoms with Crippen molar-refractivity contribution < 1.29 is 14.1 Å². The normalized spacial score (nSPS) is 18.0. The molecule has 1 aliphatic rings. The van der Waals surface area contributed by atoms with Gasteiger partial charge in [-0.2, -0.15) is 0 Å². The highest BCUT2D eigenvalue weighted by Gasteiger charge is 2.28. The maximum Gasteiger partial charge on any atom is 0.276 e.